The lowest BCUT2D eigenvalue weighted by molar-refractivity contribution is 0.0912. The molecule has 2 rings (SSSR count). The van der Waals surface area contributed by atoms with E-state index in [-0.39, 0.29) is 11.9 Å². The summed E-state index contributed by atoms with van der Waals surface area (Å²) in [6.07, 6.45) is 1.81. The van der Waals surface area contributed by atoms with Crippen molar-refractivity contribution in [1.29, 1.82) is 0 Å². The van der Waals surface area contributed by atoms with Crippen molar-refractivity contribution in [3.8, 4) is 5.75 Å². The van der Waals surface area contributed by atoms with Crippen molar-refractivity contribution in [2.24, 2.45) is 5.73 Å². The predicted octanol–water partition coefficient (Wildman–Crippen LogP) is 1.18. The summed E-state index contributed by atoms with van der Waals surface area (Å²) in [5.41, 5.74) is 6.13. The van der Waals surface area contributed by atoms with Gasteiger partial charge in [-0.25, -0.2) is 0 Å². The monoisotopic (exact) mass is 307 g/mol. The quantitative estimate of drug-likeness (QED) is 0.800. The van der Waals surface area contributed by atoms with E-state index < -0.39 is 0 Å². The first-order valence-electron chi connectivity index (χ1n) is 7.04. The van der Waals surface area contributed by atoms with Crippen molar-refractivity contribution >= 4 is 23.1 Å². The van der Waals surface area contributed by atoms with E-state index in [0.717, 1.165) is 25.9 Å². The number of nitrogens with zero attached hydrogens (tertiary/aromatic N) is 1. The molecule has 6 heteroatoms. The maximum Gasteiger partial charge on any atom is 0.255 e. The smallest absolute Gasteiger partial charge is 0.255 e. The van der Waals surface area contributed by atoms with Crippen LogP contribution in [0.15, 0.2) is 24.3 Å². The fourth-order valence-corrected chi connectivity index (χ4v) is 2.73. The van der Waals surface area contributed by atoms with Crippen molar-refractivity contribution in [2.75, 3.05) is 26.7 Å². The number of carbonyl (C=O) groups is 1. The standard InChI is InChI=1S/C15H21N3O2S/c1-20-13-5-3-2-4-12(13)15(19)17-11-6-8-18(9-7-11)10-14(16)21/h2-5,11H,6-10H2,1H3,(H2,16,21)(H,17,19). The number of thiocarbonyl (C=S) groups is 1. The molecule has 1 aliphatic rings. The van der Waals surface area contributed by atoms with Gasteiger partial charge in [0.05, 0.1) is 17.7 Å². The van der Waals surface area contributed by atoms with Crippen molar-refractivity contribution in [3.05, 3.63) is 29.8 Å². The second-order valence-corrected chi connectivity index (χ2v) is 5.71. The number of likely N-dealkylation sites (tertiary alicyclic amines) is 1. The highest BCUT2D eigenvalue weighted by Crippen LogP contribution is 2.18. The van der Waals surface area contributed by atoms with Crippen LogP contribution in [0, 0.1) is 0 Å². The fourth-order valence-electron chi connectivity index (χ4n) is 2.55. The van der Waals surface area contributed by atoms with Crippen LogP contribution in [0.4, 0.5) is 0 Å². The Labute approximate surface area is 130 Å². The van der Waals surface area contributed by atoms with Crippen LogP contribution < -0.4 is 15.8 Å². The number of nitrogens with two attached hydrogens (primary N) is 1. The number of ether oxygens (including phenoxy) is 1. The Balaban J connectivity index is 1.88. The molecule has 1 aromatic carbocycles. The van der Waals surface area contributed by atoms with Gasteiger partial charge in [0, 0.05) is 25.7 Å². The van der Waals surface area contributed by atoms with Gasteiger partial charge in [0.2, 0.25) is 0 Å². The molecule has 114 valence electrons. The highest BCUT2D eigenvalue weighted by Gasteiger charge is 2.22. The maximum atomic E-state index is 12.3. The van der Waals surface area contributed by atoms with Crippen LogP contribution >= 0.6 is 12.2 Å². The van der Waals surface area contributed by atoms with Gasteiger partial charge in [-0.1, -0.05) is 24.4 Å². The molecule has 1 heterocycles. The molecule has 21 heavy (non-hydrogen) atoms. The third-order valence-electron chi connectivity index (χ3n) is 3.65. The number of nitrogens with one attached hydrogen (secondary N) is 1. The molecule has 0 radical (unpaired) electrons. The number of carbonyl (C=O) groups excluding carboxylic acids is 1. The zero-order valence-corrected chi connectivity index (χ0v) is 13.0. The Kier molecular flexibility index (Phi) is 5.52. The average molecular weight is 307 g/mol. The van der Waals surface area contributed by atoms with Crippen LogP contribution in [-0.4, -0.2) is 48.6 Å². The Morgan fingerprint density at radius 3 is 2.71 bits per heavy atom. The highest BCUT2D eigenvalue weighted by molar-refractivity contribution is 7.80. The number of piperidine rings is 1. The number of hydrogen-bond acceptors (Lipinski definition) is 4. The minimum Gasteiger partial charge on any atom is -0.496 e. The summed E-state index contributed by atoms with van der Waals surface area (Å²) in [6, 6.07) is 7.44. The summed E-state index contributed by atoms with van der Waals surface area (Å²) < 4.78 is 5.22. The van der Waals surface area contributed by atoms with Gasteiger partial charge in [-0.15, -0.1) is 0 Å². The van der Waals surface area contributed by atoms with Crippen molar-refractivity contribution in [1.82, 2.24) is 10.2 Å². The number of benzene rings is 1. The summed E-state index contributed by atoms with van der Waals surface area (Å²) in [5, 5.41) is 3.07. The molecule has 0 aromatic heterocycles. The van der Waals surface area contributed by atoms with Gasteiger partial charge in [-0.3, -0.25) is 9.69 Å². The number of methoxy groups -OCH3 is 1. The van der Waals surface area contributed by atoms with Crippen LogP contribution in [0.3, 0.4) is 0 Å². The van der Waals surface area contributed by atoms with Gasteiger partial charge in [0.15, 0.2) is 0 Å². The lowest BCUT2D eigenvalue weighted by atomic mass is 10.0. The van der Waals surface area contributed by atoms with Crippen LogP contribution in [-0.2, 0) is 0 Å². The van der Waals surface area contributed by atoms with Crippen LogP contribution in [0.2, 0.25) is 0 Å². The van der Waals surface area contributed by atoms with E-state index in [9.17, 15) is 4.79 Å². The molecule has 0 atom stereocenters. The van der Waals surface area contributed by atoms with E-state index in [1.807, 2.05) is 12.1 Å². The molecule has 1 aliphatic heterocycles. The van der Waals surface area contributed by atoms with Crippen LogP contribution in [0.1, 0.15) is 23.2 Å². The molecule has 1 aromatic rings. The van der Waals surface area contributed by atoms with E-state index in [0.29, 0.717) is 22.8 Å². The van der Waals surface area contributed by atoms with Gasteiger partial charge in [-0.05, 0) is 25.0 Å². The molecule has 3 N–H and O–H groups in total. The minimum absolute atomic E-state index is 0.0831. The number of para-hydroxylation sites is 1. The Bertz CT molecular complexity index is 513. The number of rotatable bonds is 5. The topological polar surface area (TPSA) is 67.6 Å². The summed E-state index contributed by atoms with van der Waals surface area (Å²) in [4.78, 5) is 15.0. The number of hydrogen-bond donors (Lipinski definition) is 2. The Morgan fingerprint density at radius 1 is 1.43 bits per heavy atom. The van der Waals surface area contributed by atoms with Crippen LogP contribution in [0.25, 0.3) is 0 Å². The van der Waals surface area contributed by atoms with Gasteiger partial charge in [0.25, 0.3) is 5.91 Å². The Morgan fingerprint density at radius 2 is 2.10 bits per heavy atom. The molecule has 0 spiro atoms. The fraction of sp³-hybridized carbons (Fsp3) is 0.467. The van der Waals surface area contributed by atoms with Gasteiger partial charge < -0.3 is 15.8 Å². The lowest BCUT2D eigenvalue weighted by Gasteiger charge is -2.32. The van der Waals surface area contributed by atoms with Crippen LogP contribution in [0.5, 0.6) is 5.75 Å². The largest absolute Gasteiger partial charge is 0.496 e. The second kappa shape index (κ2) is 7.38. The summed E-state index contributed by atoms with van der Waals surface area (Å²) in [6.45, 7) is 2.45. The van der Waals surface area contributed by atoms with E-state index >= 15 is 0 Å². The van der Waals surface area contributed by atoms with Crippen molar-refractivity contribution in [3.63, 3.8) is 0 Å². The second-order valence-electron chi connectivity index (χ2n) is 5.19. The molecular weight excluding hydrogens is 286 g/mol. The third-order valence-corrected chi connectivity index (χ3v) is 3.78. The molecule has 1 saturated heterocycles. The molecule has 1 amide bonds. The third kappa shape index (κ3) is 4.41. The first-order chi connectivity index (χ1) is 10.1. The molecule has 0 saturated carbocycles. The zero-order chi connectivity index (χ0) is 15.2. The molecule has 0 unspecified atom stereocenters. The number of amides is 1. The minimum atomic E-state index is -0.0831. The van der Waals surface area contributed by atoms with Gasteiger partial charge in [-0.2, -0.15) is 0 Å². The molecule has 0 bridgehead atoms. The van der Waals surface area contributed by atoms with Crippen molar-refractivity contribution in [2.45, 2.75) is 18.9 Å². The van der Waals surface area contributed by atoms with Gasteiger partial charge in [0.1, 0.15) is 5.75 Å². The average Bonchev–Trinajstić information content (AvgIpc) is 2.48. The molecular formula is C15H21N3O2S. The first-order valence-corrected chi connectivity index (χ1v) is 7.45. The normalized spacial score (nSPS) is 16.4. The van der Waals surface area contributed by atoms with E-state index in [1.165, 1.54) is 0 Å². The van der Waals surface area contributed by atoms with E-state index in [4.69, 9.17) is 22.7 Å². The maximum absolute atomic E-state index is 12.3. The van der Waals surface area contributed by atoms with E-state index in [2.05, 4.69) is 10.2 Å². The summed E-state index contributed by atoms with van der Waals surface area (Å²) in [7, 11) is 1.57. The summed E-state index contributed by atoms with van der Waals surface area (Å²) >= 11 is 4.92. The lowest BCUT2D eigenvalue weighted by Crippen LogP contribution is -2.46. The zero-order valence-electron chi connectivity index (χ0n) is 12.2. The molecule has 1 fully saturated rings. The highest BCUT2D eigenvalue weighted by atomic mass is 32.1. The molecule has 0 aliphatic carbocycles. The Hall–Kier alpha value is -1.66. The van der Waals surface area contributed by atoms with Gasteiger partial charge >= 0.3 is 0 Å². The molecule has 5 nitrogen and oxygen atoms in total. The summed E-state index contributed by atoms with van der Waals surface area (Å²) in [5.74, 6) is 0.515. The SMILES string of the molecule is COc1ccccc1C(=O)NC1CCN(CC(N)=S)CC1. The first kappa shape index (κ1) is 15.7. The predicted molar refractivity (Wildman–Crippen MR) is 86.7 cm³/mol. The van der Waals surface area contributed by atoms with Crippen molar-refractivity contribution < 1.29 is 9.53 Å². The van der Waals surface area contributed by atoms with E-state index in [1.54, 1.807) is 19.2 Å².